The van der Waals surface area contributed by atoms with Crippen LogP contribution in [0.3, 0.4) is 0 Å². The third-order valence-corrected chi connectivity index (χ3v) is 3.06. The lowest BCUT2D eigenvalue weighted by molar-refractivity contribution is -0.320. The first-order valence-electron chi connectivity index (χ1n) is 5.31. The Morgan fingerprint density at radius 1 is 1.44 bits per heavy atom. The molecule has 1 aliphatic rings. The van der Waals surface area contributed by atoms with Crippen molar-refractivity contribution < 1.29 is 19.3 Å². The number of fused-ring (bicyclic) bond motifs is 2. The second-order valence-electron chi connectivity index (χ2n) is 4.52. The number of aliphatic hydroxyl groups excluding tert-OH is 1. The molecular formula is C12H15FO3. The first-order chi connectivity index (χ1) is 7.48. The van der Waals surface area contributed by atoms with Crippen molar-refractivity contribution in [1.29, 1.82) is 0 Å². The Bertz CT molecular complexity index is 415. The highest BCUT2D eigenvalue weighted by molar-refractivity contribution is 5.42. The Balaban J connectivity index is 2.69. The highest BCUT2D eigenvalue weighted by Crippen LogP contribution is 2.39. The lowest BCUT2D eigenvalue weighted by atomic mass is 9.80. The van der Waals surface area contributed by atoms with Gasteiger partial charge in [0, 0.05) is 11.0 Å². The molecule has 0 spiro atoms. The van der Waals surface area contributed by atoms with E-state index in [9.17, 15) is 9.50 Å². The minimum atomic E-state index is -1.19. The molecule has 0 radical (unpaired) electrons. The SMILES string of the molecule is CCc1ccc2c(F)c1C(C)(C)C(O)OO2. The molecule has 1 aromatic carbocycles. The molecule has 1 N–H and O–H groups in total. The first kappa shape index (κ1) is 11.4. The van der Waals surface area contributed by atoms with Crippen LogP contribution < -0.4 is 4.89 Å². The number of aryl methyl sites for hydroxylation is 1. The van der Waals surface area contributed by atoms with E-state index in [1.165, 1.54) is 6.07 Å². The molecular weight excluding hydrogens is 211 g/mol. The Morgan fingerprint density at radius 2 is 2.12 bits per heavy atom. The second-order valence-corrected chi connectivity index (χ2v) is 4.52. The molecule has 88 valence electrons. The van der Waals surface area contributed by atoms with Crippen LogP contribution in [0.15, 0.2) is 12.1 Å². The maximum absolute atomic E-state index is 14.1. The average molecular weight is 226 g/mol. The van der Waals surface area contributed by atoms with Gasteiger partial charge in [0.05, 0.1) is 0 Å². The van der Waals surface area contributed by atoms with E-state index >= 15 is 0 Å². The lowest BCUT2D eigenvalue weighted by Crippen LogP contribution is -2.36. The van der Waals surface area contributed by atoms with Crippen molar-refractivity contribution in [3.63, 3.8) is 0 Å². The predicted octanol–water partition coefficient (Wildman–Crippen LogP) is 2.31. The normalized spacial score (nSPS) is 22.4. The van der Waals surface area contributed by atoms with Gasteiger partial charge in [0.25, 0.3) is 0 Å². The Kier molecular flexibility index (Phi) is 2.64. The van der Waals surface area contributed by atoms with Crippen LogP contribution in [0, 0.1) is 5.82 Å². The smallest absolute Gasteiger partial charge is 0.209 e. The number of rotatable bonds is 1. The fraction of sp³-hybridized carbons (Fsp3) is 0.500. The van der Waals surface area contributed by atoms with E-state index in [1.54, 1.807) is 19.9 Å². The minimum absolute atomic E-state index is 0.0248. The zero-order valence-corrected chi connectivity index (χ0v) is 9.58. The van der Waals surface area contributed by atoms with Crippen LogP contribution in [0.4, 0.5) is 4.39 Å². The molecule has 0 aromatic heterocycles. The molecule has 2 bridgehead atoms. The molecule has 0 aliphatic carbocycles. The van der Waals surface area contributed by atoms with E-state index in [0.29, 0.717) is 12.0 Å². The molecule has 16 heavy (non-hydrogen) atoms. The summed E-state index contributed by atoms with van der Waals surface area (Å²) in [5, 5.41) is 9.79. The van der Waals surface area contributed by atoms with Crippen LogP contribution in [-0.4, -0.2) is 11.4 Å². The highest BCUT2D eigenvalue weighted by atomic mass is 19.1. The molecule has 1 aliphatic heterocycles. The van der Waals surface area contributed by atoms with Gasteiger partial charge in [-0.1, -0.05) is 26.8 Å². The van der Waals surface area contributed by atoms with Gasteiger partial charge in [-0.05, 0) is 18.1 Å². The summed E-state index contributed by atoms with van der Waals surface area (Å²) < 4.78 is 14.1. The molecule has 1 heterocycles. The second kappa shape index (κ2) is 3.71. The fourth-order valence-corrected chi connectivity index (χ4v) is 1.99. The van der Waals surface area contributed by atoms with Crippen LogP contribution >= 0.6 is 0 Å². The van der Waals surface area contributed by atoms with E-state index < -0.39 is 17.5 Å². The van der Waals surface area contributed by atoms with Crippen molar-refractivity contribution >= 4 is 0 Å². The van der Waals surface area contributed by atoms with Crippen molar-refractivity contribution in [2.45, 2.75) is 38.9 Å². The number of hydrogen-bond donors (Lipinski definition) is 1. The zero-order valence-electron chi connectivity index (χ0n) is 9.58. The lowest BCUT2D eigenvalue weighted by Gasteiger charge is -2.28. The molecule has 1 atom stereocenters. The van der Waals surface area contributed by atoms with Gasteiger partial charge in [-0.25, -0.2) is 4.39 Å². The number of aliphatic hydroxyl groups is 1. The summed E-state index contributed by atoms with van der Waals surface area (Å²) in [7, 11) is 0. The summed E-state index contributed by atoms with van der Waals surface area (Å²) in [6.45, 7) is 5.40. The number of benzene rings is 1. The van der Waals surface area contributed by atoms with Crippen molar-refractivity contribution in [3.8, 4) is 5.75 Å². The zero-order chi connectivity index (χ0) is 11.9. The van der Waals surface area contributed by atoms with Gasteiger partial charge >= 0.3 is 0 Å². The number of hydrogen-bond acceptors (Lipinski definition) is 3. The van der Waals surface area contributed by atoms with E-state index in [-0.39, 0.29) is 5.75 Å². The third kappa shape index (κ3) is 1.49. The minimum Gasteiger partial charge on any atom is -0.364 e. The number of halogens is 1. The van der Waals surface area contributed by atoms with Gasteiger partial charge in [0.15, 0.2) is 5.82 Å². The van der Waals surface area contributed by atoms with Crippen molar-refractivity contribution in [3.05, 3.63) is 29.1 Å². The molecule has 0 amide bonds. The maximum atomic E-state index is 14.1. The quantitative estimate of drug-likeness (QED) is 0.747. The summed E-state index contributed by atoms with van der Waals surface area (Å²) in [4.78, 5) is 9.53. The fourth-order valence-electron chi connectivity index (χ4n) is 1.99. The van der Waals surface area contributed by atoms with Crippen LogP contribution in [-0.2, 0) is 16.7 Å². The van der Waals surface area contributed by atoms with Gasteiger partial charge in [-0.3, -0.25) is 0 Å². The summed E-state index contributed by atoms with van der Waals surface area (Å²) in [5.41, 5.74) is 0.499. The van der Waals surface area contributed by atoms with Crippen molar-refractivity contribution in [2.24, 2.45) is 0 Å². The van der Waals surface area contributed by atoms with Crippen LogP contribution in [0.25, 0.3) is 0 Å². The third-order valence-electron chi connectivity index (χ3n) is 3.06. The molecule has 0 saturated heterocycles. The highest BCUT2D eigenvalue weighted by Gasteiger charge is 2.40. The molecule has 1 unspecified atom stereocenters. The monoisotopic (exact) mass is 226 g/mol. The van der Waals surface area contributed by atoms with E-state index in [2.05, 4.69) is 0 Å². The molecule has 0 fully saturated rings. The standard InChI is InChI=1S/C12H15FO3/c1-4-7-5-6-8-10(13)9(7)12(2,3)11(14)16-15-8/h5-6,11,14H,4H2,1-3H3. The predicted molar refractivity (Wildman–Crippen MR) is 56.5 cm³/mol. The van der Waals surface area contributed by atoms with E-state index in [0.717, 1.165) is 5.56 Å². The molecule has 0 saturated carbocycles. The topological polar surface area (TPSA) is 38.7 Å². The van der Waals surface area contributed by atoms with Crippen LogP contribution in [0.1, 0.15) is 31.9 Å². The van der Waals surface area contributed by atoms with Gasteiger partial charge in [0.1, 0.15) is 0 Å². The summed E-state index contributed by atoms with van der Waals surface area (Å²) in [6, 6.07) is 3.32. The summed E-state index contributed by atoms with van der Waals surface area (Å²) >= 11 is 0. The molecule has 4 heteroatoms. The van der Waals surface area contributed by atoms with Crippen LogP contribution in [0.2, 0.25) is 0 Å². The van der Waals surface area contributed by atoms with Crippen molar-refractivity contribution in [2.75, 3.05) is 0 Å². The first-order valence-corrected chi connectivity index (χ1v) is 5.31. The van der Waals surface area contributed by atoms with Gasteiger partial charge < -0.3 is 9.99 Å². The Hall–Kier alpha value is -1.13. The summed E-state index contributed by atoms with van der Waals surface area (Å²) in [5.74, 6) is -0.419. The Labute approximate surface area is 93.7 Å². The van der Waals surface area contributed by atoms with E-state index in [1.807, 2.05) is 6.92 Å². The average Bonchev–Trinajstić information content (AvgIpc) is 2.30. The molecule has 2 rings (SSSR count). The van der Waals surface area contributed by atoms with Crippen molar-refractivity contribution in [1.82, 2.24) is 0 Å². The molecule has 3 nitrogen and oxygen atoms in total. The molecule has 1 aromatic rings. The van der Waals surface area contributed by atoms with Gasteiger partial charge in [-0.15, -0.1) is 0 Å². The Morgan fingerprint density at radius 3 is 2.75 bits per heavy atom. The summed E-state index contributed by atoms with van der Waals surface area (Å²) in [6.07, 6.45) is -0.491. The van der Waals surface area contributed by atoms with E-state index in [4.69, 9.17) is 9.78 Å². The van der Waals surface area contributed by atoms with Gasteiger partial charge in [-0.2, -0.15) is 4.89 Å². The van der Waals surface area contributed by atoms with Crippen LogP contribution in [0.5, 0.6) is 5.75 Å². The largest absolute Gasteiger partial charge is 0.364 e. The van der Waals surface area contributed by atoms with Gasteiger partial charge in [0.2, 0.25) is 12.0 Å². The maximum Gasteiger partial charge on any atom is 0.209 e.